The summed E-state index contributed by atoms with van der Waals surface area (Å²) in [7, 11) is -2.74. The molecule has 1 unspecified atom stereocenters. The van der Waals surface area contributed by atoms with E-state index in [2.05, 4.69) is 0 Å². The van der Waals surface area contributed by atoms with Gasteiger partial charge in [0.1, 0.15) is 0 Å². The summed E-state index contributed by atoms with van der Waals surface area (Å²) >= 11 is 0. The van der Waals surface area contributed by atoms with Crippen molar-refractivity contribution >= 4 is 7.60 Å². The molecule has 0 saturated carbocycles. The van der Waals surface area contributed by atoms with Gasteiger partial charge in [0.2, 0.25) is 0 Å². The molecule has 1 saturated heterocycles. The van der Waals surface area contributed by atoms with Gasteiger partial charge in [-0.2, -0.15) is 6.61 Å². The summed E-state index contributed by atoms with van der Waals surface area (Å²) in [5.41, 5.74) is -0.0379. The second-order valence-corrected chi connectivity index (χ2v) is 5.11. The largest absolute Gasteiger partial charge is 0.486 e. The molecule has 0 spiro atoms. The van der Waals surface area contributed by atoms with Crippen molar-refractivity contribution < 1.29 is 32.2 Å². The molecule has 0 aromatic rings. The Bertz CT molecular complexity index is 150. The van der Waals surface area contributed by atoms with Crippen molar-refractivity contribution in [1.82, 2.24) is 0 Å². The molecule has 1 rings (SSSR count). The Morgan fingerprint density at radius 3 is 2.45 bits per heavy atom. The number of hydrogen-bond donors (Lipinski definition) is 0. The minimum Gasteiger partial charge on any atom is -0.486 e. The van der Waals surface area contributed by atoms with Crippen LogP contribution < -0.4 is 0 Å². The van der Waals surface area contributed by atoms with E-state index < -0.39 is 7.60 Å². The van der Waals surface area contributed by atoms with E-state index in [1.165, 1.54) is 0 Å². The maximum atomic E-state index is 11.5. The summed E-state index contributed by atoms with van der Waals surface area (Å²) in [6.07, 6.45) is 0.733. The van der Waals surface area contributed by atoms with E-state index in [0.717, 1.165) is 6.42 Å². The van der Waals surface area contributed by atoms with Crippen LogP contribution in [0.25, 0.3) is 0 Å². The van der Waals surface area contributed by atoms with Crippen LogP contribution in [0.4, 0.5) is 0 Å². The first-order chi connectivity index (χ1) is 4.65. The van der Waals surface area contributed by atoms with E-state index in [1.807, 2.05) is 13.8 Å². The van der Waals surface area contributed by atoms with E-state index in [4.69, 9.17) is 9.05 Å². The van der Waals surface area contributed by atoms with Crippen molar-refractivity contribution in [2.45, 2.75) is 25.9 Å². The summed E-state index contributed by atoms with van der Waals surface area (Å²) in [6.45, 7) is 5.76. The van der Waals surface area contributed by atoms with E-state index in [-0.39, 0.29) is 24.2 Å². The SMILES string of the molecule is CC(C)P1(=O)O[CH-]CCO1.[V]. The molecule has 11 heavy (non-hydrogen) atoms. The third kappa shape index (κ3) is 2.92. The Morgan fingerprint density at radius 1 is 1.55 bits per heavy atom. The van der Waals surface area contributed by atoms with Gasteiger partial charge in [0.05, 0.1) is 5.66 Å². The van der Waals surface area contributed by atoms with Gasteiger partial charge in [0.15, 0.2) is 0 Å². The fourth-order valence-electron chi connectivity index (χ4n) is 0.686. The molecule has 1 radical (unpaired) electrons. The van der Waals surface area contributed by atoms with Crippen molar-refractivity contribution in [3.63, 3.8) is 0 Å². The van der Waals surface area contributed by atoms with Crippen LogP contribution in [0.2, 0.25) is 0 Å². The van der Waals surface area contributed by atoms with Gasteiger partial charge in [-0.1, -0.05) is 13.8 Å². The molecule has 0 aromatic carbocycles. The molecule has 0 bridgehead atoms. The summed E-state index contributed by atoms with van der Waals surface area (Å²) in [6, 6.07) is 0. The summed E-state index contributed by atoms with van der Waals surface area (Å²) < 4.78 is 21.4. The zero-order valence-electron chi connectivity index (χ0n) is 6.69. The molecular weight excluding hydrogens is 202 g/mol. The second-order valence-electron chi connectivity index (χ2n) is 2.53. The maximum Gasteiger partial charge on any atom is 0.303 e. The van der Waals surface area contributed by atoms with Gasteiger partial charge in [-0.3, -0.25) is 4.57 Å². The normalized spacial score (nSPS) is 31.5. The van der Waals surface area contributed by atoms with Crippen LogP contribution in [0, 0.1) is 6.61 Å². The molecule has 1 aliphatic rings. The fourth-order valence-corrected chi connectivity index (χ4v) is 1.96. The van der Waals surface area contributed by atoms with Gasteiger partial charge in [-0.15, -0.1) is 6.42 Å². The zero-order chi connectivity index (χ0) is 7.61. The predicted octanol–water partition coefficient (Wildman–Crippen LogP) is 2.18. The Hall–Kier alpha value is 0.734. The van der Waals surface area contributed by atoms with Crippen LogP contribution in [0.5, 0.6) is 0 Å². The topological polar surface area (TPSA) is 35.5 Å². The first kappa shape index (κ1) is 11.7. The van der Waals surface area contributed by atoms with Gasteiger partial charge in [-0.25, -0.2) is 0 Å². The minimum atomic E-state index is -2.74. The second kappa shape index (κ2) is 4.69. The van der Waals surface area contributed by atoms with Crippen molar-refractivity contribution in [3.05, 3.63) is 6.61 Å². The van der Waals surface area contributed by atoms with E-state index in [0.29, 0.717) is 6.61 Å². The third-order valence-corrected chi connectivity index (χ3v) is 3.61. The van der Waals surface area contributed by atoms with Crippen LogP contribution in [0.3, 0.4) is 0 Å². The monoisotopic (exact) mass is 214 g/mol. The van der Waals surface area contributed by atoms with E-state index in [9.17, 15) is 4.57 Å². The Kier molecular flexibility index (Phi) is 5.00. The third-order valence-electron chi connectivity index (χ3n) is 1.36. The van der Waals surface area contributed by atoms with Crippen LogP contribution in [0.1, 0.15) is 20.3 Å². The molecule has 1 fully saturated rings. The van der Waals surface area contributed by atoms with Crippen molar-refractivity contribution in [1.29, 1.82) is 0 Å². The average molecular weight is 214 g/mol. The van der Waals surface area contributed by atoms with Gasteiger partial charge in [0, 0.05) is 25.2 Å². The summed E-state index contributed by atoms with van der Waals surface area (Å²) in [4.78, 5) is 0. The van der Waals surface area contributed by atoms with Gasteiger partial charge in [0.25, 0.3) is 0 Å². The van der Waals surface area contributed by atoms with Crippen molar-refractivity contribution in [2.24, 2.45) is 0 Å². The summed E-state index contributed by atoms with van der Waals surface area (Å²) in [5, 5.41) is 0. The molecule has 1 aliphatic heterocycles. The van der Waals surface area contributed by atoms with Gasteiger partial charge >= 0.3 is 7.60 Å². The molecular formula is C6H12O3PV-. The predicted molar refractivity (Wildman–Crippen MR) is 38.7 cm³/mol. The number of hydrogen-bond acceptors (Lipinski definition) is 3. The maximum absolute atomic E-state index is 11.5. The van der Waals surface area contributed by atoms with Crippen molar-refractivity contribution in [2.75, 3.05) is 6.61 Å². The molecule has 5 heteroatoms. The molecule has 0 aliphatic carbocycles. The van der Waals surface area contributed by atoms with E-state index >= 15 is 0 Å². The van der Waals surface area contributed by atoms with E-state index in [1.54, 1.807) is 6.61 Å². The fraction of sp³-hybridized carbons (Fsp3) is 0.833. The van der Waals surface area contributed by atoms with Crippen LogP contribution in [-0.4, -0.2) is 12.3 Å². The summed E-state index contributed by atoms with van der Waals surface area (Å²) in [5.74, 6) is 0. The Labute approximate surface area is 79.3 Å². The van der Waals surface area contributed by atoms with Crippen LogP contribution in [0.15, 0.2) is 0 Å². The molecule has 0 N–H and O–H groups in total. The van der Waals surface area contributed by atoms with Gasteiger partial charge < -0.3 is 9.05 Å². The molecule has 0 aromatic heterocycles. The first-order valence-electron chi connectivity index (χ1n) is 3.39. The Morgan fingerprint density at radius 2 is 2.18 bits per heavy atom. The van der Waals surface area contributed by atoms with Crippen molar-refractivity contribution in [3.8, 4) is 0 Å². The van der Waals surface area contributed by atoms with Crippen LogP contribution >= 0.6 is 7.60 Å². The standard InChI is InChI=1S/C6H12O3P.V/c1-6(2)10(7)8-4-3-5-9-10;/h4,6H,3,5H2,1-2H3;/q-1;. The molecule has 65 valence electrons. The zero-order valence-corrected chi connectivity index (χ0v) is 8.98. The Balaban J connectivity index is 0.000001000. The molecule has 1 heterocycles. The van der Waals surface area contributed by atoms with Crippen LogP contribution in [-0.2, 0) is 32.2 Å². The molecule has 3 nitrogen and oxygen atoms in total. The molecule has 1 atom stereocenters. The quantitative estimate of drug-likeness (QED) is 0.495. The minimum absolute atomic E-state index is 0. The number of rotatable bonds is 1. The smallest absolute Gasteiger partial charge is 0.303 e. The average Bonchev–Trinajstić information content (AvgIpc) is 1.89. The molecule has 0 amide bonds. The first-order valence-corrected chi connectivity index (χ1v) is 5.01. The van der Waals surface area contributed by atoms with Gasteiger partial charge in [-0.05, 0) is 0 Å².